The number of carboxylic acid groups (broad SMARTS) is 1. The van der Waals surface area contributed by atoms with Crippen molar-refractivity contribution in [2.24, 2.45) is 0 Å². The number of aliphatic carboxylic acids is 1. The second-order valence-electron chi connectivity index (χ2n) is 2.62. The van der Waals surface area contributed by atoms with E-state index in [-0.39, 0.29) is 0 Å². The Labute approximate surface area is 72.2 Å². The Hall–Kier alpha value is -1.18. The molecule has 1 fully saturated rings. The van der Waals surface area contributed by atoms with Crippen molar-refractivity contribution in [3.8, 4) is 0 Å². The minimum Gasteiger partial charge on any atom is -0.479 e. The molecule has 2 unspecified atom stereocenters. The van der Waals surface area contributed by atoms with Crippen molar-refractivity contribution < 1.29 is 34.8 Å². The Morgan fingerprint density at radius 1 is 1.46 bits per heavy atom. The largest absolute Gasteiger partial charge is 0.479 e. The highest BCUT2D eigenvalue weighted by Crippen LogP contribution is 2.18. The lowest BCUT2D eigenvalue weighted by Crippen LogP contribution is -2.42. The topological polar surface area (TPSA) is 124 Å². The van der Waals surface area contributed by atoms with Crippen LogP contribution in [0.3, 0.4) is 0 Å². The fourth-order valence-electron chi connectivity index (χ4n) is 0.984. The van der Waals surface area contributed by atoms with Gasteiger partial charge < -0.3 is 25.2 Å². The minimum absolute atomic E-state index is 1.14. The molecule has 0 aromatic carbocycles. The van der Waals surface area contributed by atoms with Gasteiger partial charge in [-0.2, -0.15) is 0 Å². The zero-order chi connectivity index (χ0) is 10.2. The highest BCUT2D eigenvalue weighted by atomic mass is 16.6. The van der Waals surface area contributed by atoms with E-state index in [1.54, 1.807) is 0 Å². The third kappa shape index (κ3) is 1.62. The fourth-order valence-corrected chi connectivity index (χ4v) is 0.984. The minimum atomic E-state index is -2.03. The summed E-state index contributed by atoms with van der Waals surface area (Å²) in [5.74, 6) is -2.77. The van der Waals surface area contributed by atoms with Gasteiger partial charge in [0, 0.05) is 0 Å². The number of carbonyl (C=O) groups is 2. The van der Waals surface area contributed by atoms with Crippen LogP contribution in [-0.2, 0) is 14.3 Å². The van der Waals surface area contributed by atoms with Crippen LogP contribution < -0.4 is 0 Å². The number of rotatable bonds is 2. The van der Waals surface area contributed by atoms with E-state index in [9.17, 15) is 9.59 Å². The summed E-state index contributed by atoms with van der Waals surface area (Å²) in [5.41, 5.74) is 0. The SMILES string of the molecule is O=C(O)C(O)C1OC(=O)[C@@H](O)[C@@H]1O. The van der Waals surface area contributed by atoms with E-state index in [4.69, 9.17) is 20.4 Å². The number of ether oxygens (including phenoxy) is 1. The summed E-state index contributed by atoms with van der Waals surface area (Å²) < 4.78 is 4.24. The van der Waals surface area contributed by atoms with E-state index in [1.807, 2.05) is 0 Å². The maximum Gasteiger partial charge on any atom is 0.338 e. The van der Waals surface area contributed by atoms with Gasteiger partial charge in [0.05, 0.1) is 0 Å². The van der Waals surface area contributed by atoms with E-state index < -0.39 is 36.4 Å². The number of cyclic esters (lactones) is 1. The molecule has 0 aliphatic carbocycles. The van der Waals surface area contributed by atoms with E-state index in [0.29, 0.717) is 0 Å². The quantitative estimate of drug-likeness (QED) is 0.345. The molecule has 1 rings (SSSR count). The smallest absolute Gasteiger partial charge is 0.338 e. The summed E-state index contributed by atoms with van der Waals surface area (Å²) in [4.78, 5) is 20.8. The molecule has 0 aromatic rings. The molecule has 13 heavy (non-hydrogen) atoms. The van der Waals surface area contributed by atoms with Gasteiger partial charge >= 0.3 is 11.9 Å². The number of carboxylic acids is 1. The molecular formula is C6H8O7. The van der Waals surface area contributed by atoms with Crippen LogP contribution in [0, 0.1) is 0 Å². The Balaban J connectivity index is 2.73. The summed E-state index contributed by atoms with van der Waals surface area (Å²) in [6, 6.07) is 0. The molecule has 1 saturated heterocycles. The van der Waals surface area contributed by atoms with Crippen molar-refractivity contribution in [2.75, 3.05) is 0 Å². The lowest BCUT2D eigenvalue weighted by molar-refractivity contribution is -0.161. The van der Waals surface area contributed by atoms with Gasteiger partial charge in [-0.05, 0) is 0 Å². The molecule has 0 aromatic heterocycles. The predicted octanol–water partition coefficient (Wildman–Crippen LogP) is -2.92. The molecule has 7 nitrogen and oxygen atoms in total. The Morgan fingerprint density at radius 2 is 2.00 bits per heavy atom. The van der Waals surface area contributed by atoms with Crippen LogP contribution in [0.4, 0.5) is 0 Å². The fraction of sp³-hybridized carbons (Fsp3) is 0.667. The highest BCUT2D eigenvalue weighted by molar-refractivity contribution is 5.80. The van der Waals surface area contributed by atoms with Crippen molar-refractivity contribution in [1.29, 1.82) is 0 Å². The maximum atomic E-state index is 10.6. The predicted molar refractivity (Wildman–Crippen MR) is 35.5 cm³/mol. The van der Waals surface area contributed by atoms with Gasteiger partial charge in [0.25, 0.3) is 0 Å². The standard InChI is InChI=1S/C6H8O7/c7-1-2(8)6(12)13-4(1)3(9)5(10)11/h1-4,7-9H,(H,10,11)/t1-,2-,3?,4?/m0/s1. The van der Waals surface area contributed by atoms with Crippen LogP contribution in [0.1, 0.15) is 0 Å². The van der Waals surface area contributed by atoms with Gasteiger partial charge in [0.2, 0.25) is 0 Å². The van der Waals surface area contributed by atoms with Crippen LogP contribution in [0.2, 0.25) is 0 Å². The number of hydrogen-bond acceptors (Lipinski definition) is 6. The Kier molecular flexibility index (Phi) is 2.50. The Bertz CT molecular complexity index is 237. The van der Waals surface area contributed by atoms with Gasteiger partial charge in [-0.3, -0.25) is 0 Å². The number of esters is 1. The van der Waals surface area contributed by atoms with Crippen molar-refractivity contribution in [3.05, 3.63) is 0 Å². The van der Waals surface area contributed by atoms with E-state index >= 15 is 0 Å². The molecule has 0 bridgehead atoms. The monoisotopic (exact) mass is 192 g/mol. The molecule has 4 N–H and O–H groups in total. The molecule has 0 spiro atoms. The molecule has 0 saturated carbocycles. The molecule has 4 atom stereocenters. The van der Waals surface area contributed by atoms with E-state index in [1.165, 1.54) is 0 Å². The maximum absolute atomic E-state index is 10.6. The van der Waals surface area contributed by atoms with Gasteiger partial charge in [-0.25, -0.2) is 9.59 Å². The molecule has 1 heterocycles. The average Bonchev–Trinajstić information content (AvgIpc) is 2.31. The second kappa shape index (κ2) is 3.29. The summed E-state index contributed by atoms with van der Waals surface area (Å²) in [6.45, 7) is 0. The van der Waals surface area contributed by atoms with Crippen molar-refractivity contribution in [3.63, 3.8) is 0 Å². The second-order valence-corrected chi connectivity index (χ2v) is 2.62. The third-order valence-corrected chi connectivity index (χ3v) is 1.72. The number of aliphatic hydroxyl groups is 3. The van der Waals surface area contributed by atoms with Crippen molar-refractivity contribution in [1.82, 2.24) is 0 Å². The van der Waals surface area contributed by atoms with Crippen LogP contribution in [0.25, 0.3) is 0 Å². The number of hydrogen-bond donors (Lipinski definition) is 4. The molecule has 0 amide bonds. The van der Waals surface area contributed by atoms with Crippen LogP contribution in [0.15, 0.2) is 0 Å². The summed E-state index contributed by atoms with van der Waals surface area (Å²) >= 11 is 0. The van der Waals surface area contributed by atoms with Crippen molar-refractivity contribution in [2.45, 2.75) is 24.4 Å². The lowest BCUT2D eigenvalue weighted by Gasteiger charge is -2.15. The lowest BCUT2D eigenvalue weighted by atomic mass is 10.1. The van der Waals surface area contributed by atoms with E-state index in [2.05, 4.69) is 4.74 Å². The van der Waals surface area contributed by atoms with E-state index in [0.717, 1.165) is 0 Å². The normalized spacial score (nSPS) is 35.6. The van der Waals surface area contributed by atoms with Crippen LogP contribution >= 0.6 is 0 Å². The first kappa shape index (κ1) is 9.90. The molecule has 1 aliphatic heterocycles. The summed E-state index contributed by atoms with van der Waals surface area (Å²) in [5, 5.41) is 35.0. The average molecular weight is 192 g/mol. The van der Waals surface area contributed by atoms with Gasteiger partial charge in [-0.15, -0.1) is 0 Å². The summed E-state index contributed by atoms with van der Waals surface area (Å²) in [6.07, 6.45) is -7.14. The number of aliphatic hydroxyl groups excluding tert-OH is 3. The zero-order valence-corrected chi connectivity index (χ0v) is 6.32. The van der Waals surface area contributed by atoms with Crippen LogP contribution in [0.5, 0.6) is 0 Å². The molecule has 7 heteroatoms. The molecule has 74 valence electrons. The van der Waals surface area contributed by atoms with Gasteiger partial charge in [0.15, 0.2) is 18.3 Å². The first-order valence-electron chi connectivity index (χ1n) is 3.42. The van der Waals surface area contributed by atoms with Gasteiger partial charge in [0.1, 0.15) is 6.10 Å². The van der Waals surface area contributed by atoms with Gasteiger partial charge in [-0.1, -0.05) is 0 Å². The third-order valence-electron chi connectivity index (χ3n) is 1.72. The molecule has 0 radical (unpaired) electrons. The van der Waals surface area contributed by atoms with Crippen molar-refractivity contribution >= 4 is 11.9 Å². The summed E-state index contributed by atoms with van der Waals surface area (Å²) in [7, 11) is 0. The first-order valence-corrected chi connectivity index (χ1v) is 3.42. The zero-order valence-electron chi connectivity index (χ0n) is 6.32. The molecule has 1 aliphatic rings. The highest BCUT2D eigenvalue weighted by Gasteiger charge is 2.48. The number of carbonyl (C=O) groups excluding carboxylic acids is 1. The van der Waals surface area contributed by atoms with Crippen LogP contribution in [-0.4, -0.2) is 56.8 Å². The Morgan fingerprint density at radius 3 is 2.31 bits per heavy atom. The molecular weight excluding hydrogens is 184 g/mol. The first-order chi connectivity index (χ1) is 5.95.